The Morgan fingerprint density at radius 1 is 1.00 bits per heavy atom. The van der Waals surface area contributed by atoms with Gasteiger partial charge in [0.25, 0.3) is 0 Å². The molecule has 0 amide bonds. The molecule has 0 radical (unpaired) electrons. The van der Waals surface area contributed by atoms with Gasteiger partial charge in [0, 0.05) is 17.8 Å². The quantitative estimate of drug-likeness (QED) is 0.277. The fourth-order valence-electron chi connectivity index (χ4n) is 5.79. The summed E-state index contributed by atoms with van der Waals surface area (Å²) in [6.07, 6.45) is -6.63. The molecule has 2 aliphatic rings. The van der Waals surface area contributed by atoms with Crippen molar-refractivity contribution in [3.8, 4) is 11.5 Å². The van der Waals surface area contributed by atoms with Crippen LogP contribution in [0.15, 0.2) is 48.5 Å². The number of ketones is 1. The molecule has 0 bridgehead atoms. The number of hydrogen-bond acceptors (Lipinski definition) is 9. The van der Waals surface area contributed by atoms with Crippen LogP contribution in [0.1, 0.15) is 53.0 Å². The highest BCUT2D eigenvalue weighted by atomic mass is 19.1. The highest BCUT2D eigenvalue weighted by Crippen LogP contribution is 2.40. The Labute approximate surface area is 246 Å². The maximum atomic E-state index is 13.6. The Morgan fingerprint density at radius 3 is 2.14 bits per heavy atom. The third-order valence-corrected chi connectivity index (χ3v) is 8.32. The van der Waals surface area contributed by atoms with Gasteiger partial charge in [0.1, 0.15) is 47.5 Å². The molecule has 2 fully saturated rings. The Bertz CT molecular complexity index is 1180. The van der Waals surface area contributed by atoms with Crippen molar-refractivity contribution in [3.63, 3.8) is 0 Å². The Morgan fingerprint density at radius 2 is 1.60 bits per heavy atom. The summed E-state index contributed by atoms with van der Waals surface area (Å²) in [5, 5.41) is 41.5. The van der Waals surface area contributed by atoms with Crippen molar-refractivity contribution >= 4 is 5.78 Å². The molecule has 42 heavy (non-hydrogen) atoms. The van der Waals surface area contributed by atoms with Crippen LogP contribution in [0.5, 0.6) is 11.5 Å². The molecule has 2 aromatic carbocycles. The summed E-state index contributed by atoms with van der Waals surface area (Å²) in [4.78, 5) is 13.6. The van der Waals surface area contributed by atoms with E-state index in [2.05, 4.69) is 0 Å². The summed E-state index contributed by atoms with van der Waals surface area (Å²) in [7, 11) is 0. The molecule has 4 rings (SSSR count). The predicted molar refractivity (Wildman–Crippen MR) is 152 cm³/mol. The van der Waals surface area contributed by atoms with Gasteiger partial charge in [0.05, 0.1) is 25.4 Å². The second-order valence-corrected chi connectivity index (χ2v) is 12.8. The molecule has 0 aromatic heterocycles. The Hall–Kier alpha value is -2.44. The van der Waals surface area contributed by atoms with Crippen molar-refractivity contribution in [3.05, 3.63) is 59.9 Å². The van der Waals surface area contributed by atoms with Crippen LogP contribution in [-0.4, -0.2) is 82.3 Å². The minimum absolute atomic E-state index is 0.0693. The molecule has 232 valence electrons. The molecule has 10 heteroatoms. The molecule has 0 spiro atoms. The maximum Gasteiger partial charge on any atom is 0.186 e. The number of Topliss-reactive ketones (excluding diaryl/α,β-unsaturated/α-hetero) is 1. The molecule has 9 nitrogen and oxygen atoms in total. The largest absolute Gasteiger partial charge is 0.457 e. The van der Waals surface area contributed by atoms with E-state index in [4.69, 9.17) is 18.9 Å². The number of rotatable bonds is 13. The van der Waals surface area contributed by atoms with E-state index >= 15 is 0 Å². The number of aliphatic hydroxyl groups is 4. The zero-order valence-electron chi connectivity index (χ0n) is 24.8. The molecule has 0 aliphatic carbocycles. The summed E-state index contributed by atoms with van der Waals surface area (Å²) in [5.74, 6) is -0.0971. The standard InChI is InChI=1S/C32H43FO9/c1-18(34)26(36)19(15-40-30-28(38)27(37)29-24(42-30)16-39-29)14-25(35)32(4,5)17-31(2,3)20-6-10-22(11-7-20)41-23-12-8-21(33)9-13-23/h6-13,18-19,24,26-30,34,36-38H,14-17H2,1-5H3/t18-,19+,24?,26-,27?,28?,29?,30?/m1/s1. The topological polar surface area (TPSA) is 135 Å². The molecule has 0 saturated carbocycles. The molecule has 2 heterocycles. The van der Waals surface area contributed by atoms with Gasteiger partial charge in [-0.25, -0.2) is 4.39 Å². The van der Waals surface area contributed by atoms with Crippen molar-refractivity contribution in [1.29, 1.82) is 0 Å². The van der Waals surface area contributed by atoms with Crippen LogP contribution in [0.3, 0.4) is 0 Å². The van der Waals surface area contributed by atoms with Crippen molar-refractivity contribution in [2.24, 2.45) is 11.3 Å². The minimum Gasteiger partial charge on any atom is -0.457 e. The molecule has 8 atom stereocenters. The number of carbonyl (C=O) groups is 1. The lowest BCUT2D eigenvalue weighted by molar-refractivity contribution is -0.352. The van der Waals surface area contributed by atoms with Crippen LogP contribution < -0.4 is 4.74 Å². The number of carbonyl (C=O) groups excluding carboxylic acids is 1. The summed E-state index contributed by atoms with van der Waals surface area (Å²) >= 11 is 0. The fraction of sp³-hybridized carbons (Fsp3) is 0.594. The highest BCUT2D eigenvalue weighted by molar-refractivity contribution is 5.84. The lowest BCUT2D eigenvalue weighted by atomic mass is 9.68. The van der Waals surface area contributed by atoms with Crippen molar-refractivity contribution < 1.29 is 48.6 Å². The third-order valence-electron chi connectivity index (χ3n) is 8.32. The number of ether oxygens (including phenoxy) is 4. The second kappa shape index (κ2) is 13.1. The molecule has 2 saturated heterocycles. The van der Waals surface area contributed by atoms with Crippen molar-refractivity contribution in [2.45, 2.75) is 95.8 Å². The molecule has 2 aliphatic heterocycles. The van der Waals surface area contributed by atoms with E-state index in [9.17, 15) is 29.6 Å². The first-order valence-electron chi connectivity index (χ1n) is 14.4. The van der Waals surface area contributed by atoms with Gasteiger partial charge in [-0.1, -0.05) is 39.8 Å². The maximum absolute atomic E-state index is 13.6. The van der Waals surface area contributed by atoms with Gasteiger partial charge in [-0.15, -0.1) is 0 Å². The molecular weight excluding hydrogens is 547 g/mol. The van der Waals surface area contributed by atoms with Gasteiger partial charge in [-0.3, -0.25) is 4.79 Å². The highest BCUT2D eigenvalue weighted by Gasteiger charge is 2.51. The van der Waals surface area contributed by atoms with Gasteiger partial charge >= 0.3 is 0 Å². The van der Waals surface area contributed by atoms with Gasteiger partial charge in [0.15, 0.2) is 6.29 Å². The van der Waals surface area contributed by atoms with Crippen LogP contribution in [0.2, 0.25) is 0 Å². The summed E-state index contributed by atoms with van der Waals surface area (Å²) < 4.78 is 35.6. The number of fused-ring (bicyclic) bond motifs is 1. The van der Waals surface area contributed by atoms with Crippen molar-refractivity contribution in [1.82, 2.24) is 0 Å². The SMILES string of the molecule is C[C@@H](O)[C@@H](O)[C@H](COC1OC2COC2C(O)C1O)CC(=O)C(C)(C)CC(C)(C)c1ccc(Oc2ccc(F)cc2)cc1. The van der Waals surface area contributed by atoms with Crippen molar-refractivity contribution in [2.75, 3.05) is 13.2 Å². The summed E-state index contributed by atoms with van der Waals surface area (Å²) in [6.45, 7) is 9.36. The lowest BCUT2D eigenvalue weighted by Gasteiger charge is -2.48. The van der Waals surface area contributed by atoms with E-state index in [0.717, 1.165) is 5.56 Å². The fourth-order valence-corrected chi connectivity index (χ4v) is 5.79. The van der Waals surface area contributed by atoms with E-state index in [0.29, 0.717) is 17.9 Å². The number of hydrogen-bond donors (Lipinski definition) is 4. The van der Waals surface area contributed by atoms with Gasteiger partial charge < -0.3 is 39.4 Å². The van der Waals surface area contributed by atoms with Crippen LogP contribution >= 0.6 is 0 Å². The smallest absolute Gasteiger partial charge is 0.186 e. The zero-order chi connectivity index (χ0) is 30.8. The second-order valence-electron chi connectivity index (χ2n) is 12.8. The van der Waals surface area contributed by atoms with E-state index in [1.165, 1.54) is 19.1 Å². The predicted octanol–water partition coefficient (Wildman–Crippen LogP) is 3.49. The third kappa shape index (κ3) is 7.55. The van der Waals surface area contributed by atoms with Crippen LogP contribution in [0, 0.1) is 17.2 Å². The first-order chi connectivity index (χ1) is 19.7. The zero-order valence-corrected chi connectivity index (χ0v) is 24.8. The van der Waals surface area contributed by atoms with Crippen LogP contribution in [0.4, 0.5) is 4.39 Å². The number of aliphatic hydroxyl groups excluding tert-OH is 4. The normalized spacial score (nSPS) is 26.5. The van der Waals surface area contributed by atoms with Crippen LogP contribution in [-0.2, 0) is 24.4 Å². The summed E-state index contributed by atoms with van der Waals surface area (Å²) in [6, 6.07) is 13.3. The molecule has 5 unspecified atom stereocenters. The Balaban J connectivity index is 1.38. The first kappa shape index (κ1) is 32.5. The van der Waals surface area contributed by atoms with E-state index < -0.39 is 59.7 Å². The summed E-state index contributed by atoms with van der Waals surface area (Å²) in [5.41, 5.74) is -0.198. The van der Waals surface area contributed by atoms with E-state index in [1.54, 1.807) is 12.1 Å². The van der Waals surface area contributed by atoms with Gasteiger partial charge in [0.2, 0.25) is 0 Å². The Kier molecular flexibility index (Phi) is 10.1. The molecular formula is C32H43FO9. The first-order valence-corrected chi connectivity index (χ1v) is 14.4. The van der Waals surface area contributed by atoms with Gasteiger partial charge in [-0.2, -0.15) is 0 Å². The molecule has 2 aromatic rings. The lowest BCUT2D eigenvalue weighted by Crippen LogP contribution is -2.66. The molecule has 4 N–H and O–H groups in total. The monoisotopic (exact) mass is 590 g/mol. The average molecular weight is 591 g/mol. The number of benzene rings is 2. The number of halogens is 1. The van der Waals surface area contributed by atoms with E-state index in [1.807, 2.05) is 52.0 Å². The van der Waals surface area contributed by atoms with E-state index in [-0.39, 0.29) is 31.2 Å². The minimum atomic E-state index is -1.35. The average Bonchev–Trinajstić information content (AvgIpc) is 2.91. The van der Waals surface area contributed by atoms with Crippen LogP contribution in [0.25, 0.3) is 0 Å². The van der Waals surface area contributed by atoms with Gasteiger partial charge in [-0.05, 0) is 60.7 Å².